The van der Waals surface area contributed by atoms with Gasteiger partial charge in [-0.3, -0.25) is 4.79 Å². The van der Waals surface area contributed by atoms with E-state index in [2.05, 4.69) is 18.2 Å². The molecule has 1 aliphatic carbocycles. The number of benzene rings is 1. The SMILES string of the molecule is O.O.O=C1/C=C\CCOC(=O)c2c(O)cc(OCCCCC3=CC=CC3)cc2/C=C/CCC1. The zero-order chi connectivity index (χ0) is 21.9. The molecular formula is C26H34O7. The van der Waals surface area contributed by atoms with E-state index in [0.29, 0.717) is 37.2 Å². The Morgan fingerprint density at radius 1 is 1.00 bits per heavy atom. The summed E-state index contributed by atoms with van der Waals surface area (Å²) >= 11 is 0. The van der Waals surface area contributed by atoms with E-state index in [1.54, 1.807) is 24.3 Å². The minimum atomic E-state index is -0.584. The minimum absolute atomic E-state index is 0. The van der Waals surface area contributed by atoms with Crippen LogP contribution in [0.15, 0.2) is 54.2 Å². The largest absolute Gasteiger partial charge is 0.507 e. The second-order valence-electron chi connectivity index (χ2n) is 7.76. The Kier molecular flexibility index (Phi) is 12.5. The highest BCUT2D eigenvalue weighted by Crippen LogP contribution is 2.30. The summed E-state index contributed by atoms with van der Waals surface area (Å²) < 4.78 is 11.1. The number of ketones is 1. The summed E-state index contributed by atoms with van der Waals surface area (Å²) in [5, 5.41) is 10.5. The van der Waals surface area contributed by atoms with Gasteiger partial charge in [0.2, 0.25) is 0 Å². The summed E-state index contributed by atoms with van der Waals surface area (Å²) in [7, 11) is 0. The van der Waals surface area contributed by atoms with Gasteiger partial charge in [-0.25, -0.2) is 4.79 Å². The second kappa shape index (κ2) is 14.8. The van der Waals surface area contributed by atoms with Crippen molar-refractivity contribution in [1.29, 1.82) is 0 Å². The first kappa shape index (κ1) is 27.9. The molecule has 2 aliphatic rings. The van der Waals surface area contributed by atoms with Gasteiger partial charge < -0.3 is 25.5 Å². The second-order valence-corrected chi connectivity index (χ2v) is 7.76. The molecule has 0 saturated carbocycles. The quantitative estimate of drug-likeness (QED) is 0.507. The van der Waals surface area contributed by atoms with Crippen molar-refractivity contribution in [2.75, 3.05) is 13.2 Å². The van der Waals surface area contributed by atoms with E-state index in [4.69, 9.17) is 9.47 Å². The van der Waals surface area contributed by atoms with Gasteiger partial charge in [-0.15, -0.1) is 0 Å². The summed E-state index contributed by atoms with van der Waals surface area (Å²) in [6.45, 7) is 0.691. The molecule has 0 atom stereocenters. The third-order valence-corrected chi connectivity index (χ3v) is 5.25. The summed E-state index contributed by atoms with van der Waals surface area (Å²) in [5.41, 5.74) is 2.15. The van der Waals surface area contributed by atoms with Crippen molar-refractivity contribution in [3.05, 3.63) is 65.3 Å². The van der Waals surface area contributed by atoms with Crippen LogP contribution in [0.3, 0.4) is 0 Å². The van der Waals surface area contributed by atoms with Crippen LogP contribution in [0.1, 0.15) is 67.3 Å². The molecule has 33 heavy (non-hydrogen) atoms. The number of unbranched alkanes of at least 4 members (excludes halogenated alkanes) is 1. The van der Waals surface area contributed by atoms with E-state index in [1.165, 1.54) is 11.6 Å². The number of carbonyl (C=O) groups is 2. The van der Waals surface area contributed by atoms with Crippen LogP contribution in [0.4, 0.5) is 0 Å². The van der Waals surface area contributed by atoms with E-state index < -0.39 is 5.97 Å². The Morgan fingerprint density at radius 2 is 1.82 bits per heavy atom. The maximum absolute atomic E-state index is 12.5. The lowest BCUT2D eigenvalue weighted by molar-refractivity contribution is -0.114. The Bertz CT molecular complexity index is 909. The number of fused-ring (bicyclic) bond motifs is 1. The number of rotatable bonds is 6. The number of allylic oxidation sites excluding steroid dienone is 6. The lowest BCUT2D eigenvalue weighted by atomic mass is 10.0. The topological polar surface area (TPSA) is 136 Å². The average Bonchev–Trinajstić information content (AvgIpc) is 3.25. The fourth-order valence-electron chi connectivity index (χ4n) is 3.57. The molecule has 0 unspecified atom stereocenters. The van der Waals surface area contributed by atoms with E-state index >= 15 is 0 Å². The number of esters is 1. The molecule has 0 fully saturated rings. The highest BCUT2D eigenvalue weighted by atomic mass is 16.5. The lowest BCUT2D eigenvalue weighted by Crippen LogP contribution is -2.09. The molecule has 3 rings (SSSR count). The monoisotopic (exact) mass is 458 g/mol. The summed E-state index contributed by atoms with van der Waals surface area (Å²) in [5.74, 6) is -0.137. The first-order chi connectivity index (χ1) is 15.1. The Balaban J connectivity index is 0.00000272. The van der Waals surface area contributed by atoms with Gasteiger partial charge in [-0.05, 0) is 62.7 Å². The van der Waals surface area contributed by atoms with Crippen molar-refractivity contribution < 1.29 is 35.1 Å². The first-order valence-corrected chi connectivity index (χ1v) is 11.0. The standard InChI is InChI=1S/C26H30O5.2H2O/c27-22-14-3-1-2-13-21-18-23(30-16-8-6-12-20-10-4-5-11-20)19-24(28)25(21)26(29)31-17-9-7-15-22;;/h2,4-5,7,10,13,15,18-19,28H,1,3,6,8-9,11-12,14,16-17H2;2*1H2/b13-2+,15-7-;;. The number of carbonyl (C=O) groups excluding carboxylic acids is 2. The van der Waals surface area contributed by atoms with Crippen LogP contribution in [0.5, 0.6) is 11.5 Å². The van der Waals surface area contributed by atoms with Gasteiger partial charge in [0.05, 0.1) is 13.2 Å². The van der Waals surface area contributed by atoms with Crippen molar-refractivity contribution >= 4 is 17.8 Å². The van der Waals surface area contributed by atoms with Crippen LogP contribution < -0.4 is 4.74 Å². The number of ether oxygens (including phenoxy) is 2. The molecule has 0 aromatic heterocycles. The summed E-state index contributed by atoms with van der Waals surface area (Å²) in [4.78, 5) is 24.3. The van der Waals surface area contributed by atoms with Gasteiger partial charge in [0, 0.05) is 12.5 Å². The van der Waals surface area contributed by atoms with E-state index in [9.17, 15) is 14.7 Å². The number of hydrogen-bond acceptors (Lipinski definition) is 5. The fourth-order valence-corrected chi connectivity index (χ4v) is 3.57. The zero-order valence-corrected chi connectivity index (χ0v) is 18.8. The maximum atomic E-state index is 12.5. The molecule has 7 nitrogen and oxygen atoms in total. The van der Waals surface area contributed by atoms with E-state index in [0.717, 1.165) is 32.1 Å². The van der Waals surface area contributed by atoms with Crippen LogP contribution in [0, 0.1) is 0 Å². The third kappa shape index (κ3) is 9.08. The Morgan fingerprint density at radius 3 is 2.61 bits per heavy atom. The molecule has 180 valence electrons. The Labute approximate surface area is 194 Å². The molecule has 0 saturated heterocycles. The van der Waals surface area contributed by atoms with Gasteiger partial charge in [0.1, 0.15) is 17.1 Å². The van der Waals surface area contributed by atoms with E-state index in [1.807, 2.05) is 6.08 Å². The van der Waals surface area contributed by atoms with Gasteiger partial charge in [0.15, 0.2) is 5.78 Å². The molecule has 7 heteroatoms. The molecule has 5 N–H and O–H groups in total. The highest BCUT2D eigenvalue weighted by molar-refractivity contribution is 5.97. The first-order valence-electron chi connectivity index (χ1n) is 11.0. The summed E-state index contributed by atoms with van der Waals surface area (Å²) in [6.07, 6.45) is 19.8. The number of phenols is 1. The van der Waals surface area contributed by atoms with Gasteiger partial charge in [-0.1, -0.05) is 42.0 Å². The van der Waals surface area contributed by atoms with Crippen LogP contribution >= 0.6 is 0 Å². The van der Waals surface area contributed by atoms with Gasteiger partial charge in [0.25, 0.3) is 0 Å². The van der Waals surface area contributed by atoms with Crippen molar-refractivity contribution in [2.24, 2.45) is 0 Å². The number of aromatic hydroxyl groups is 1. The molecular weight excluding hydrogens is 424 g/mol. The van der Waals surface area contributed by atoms with Crippen molar-refractivity contribution in [2.45, 2.75) is 51.4 Å². The lowest BCUT2D eigenvalue weighted by Gasteiger charge is -2.13. The zero-order valence-electron chi connectivity index (χ0n) is 18.8. The molecule has 1 aromatic carbocycles. The molecule has 1 aromatic rings. The van der Waals surface area contributed by atoms with Gasteiger partial charge >= 0.3 is 5.97 Å². The van der Waals surface area contributed by atoms with E-state index in [-0.39, 0.29) is 34.7 Å². The number of phenolic OH excluding ortho intramolecular Hbond substituents is 1. The van der Waals surface area contributed by atoms with Crippen molar-refractivity contribution in [1.82, 2.24) is 0 Å². The molecule has 0 bridgehead atoms. The van der Waals surface area contributed by atoms with Crippen molar-refractivity contribution in [3.8, 4) is 11.5 Å². The van der Waals surface area contributed by atoms with Crippen LogP contribution in [0.2, 0.25) is 0 Å². The minimum Gasteiger partial charge on any atom is -0.507 e. The maximum Gasteiger partial charge on any atom is 0.342 e. The predicted molar refractivity (Wildman–Crippen MR) is 128 cm³/mol. The summed E-state index contributed by atoms with van der Waals surface area (Å²) in [6, 6.07) is 3.23. The number of cyclic esters (lactones) is 1. The molecule has 0 amide bonds. The Hall–Kier alpha value is -3.16. The smallest absolute Gasteiger partial charge is 0.342 e. The third-order valence-electron chi connectivity index (χ3n) is 5.25. The predicted octanol–water partition coefficient (Wildman–Crippen LogP) is 4.05. The van der Waals surface area contributed by atoms with Crippen LogP contribution in [-0.4, -0.2) is 41.0 Å². The molecule has 0 radical (unpaired) electrons. The molecule has 1 aliphatic heterocycles. The van der Waals surface area contributed by atoms with Gasteiger partial charge in [-0.2, -0.15) is 0 Å². The van der Waals surface area contributed by atoms with Crippen LogP contribution in [0.25, 0.3) is 6.08 Å². The normalized spacial score (nSPS) is 18.0. The fraction of sp³-hybridized carbons (Fsp3) is 0.385. The highest BCUT2D eigenvalue weighted by Gasteiger charge is 2.19. The average molecular weight is 459 g/mol. The molecule has 1 heterocycles. The van der Waals surface area contributed by atoms with Crippen molar-refractivity contribution in [3.63, 3.8) is 0 Å². The molecule has 0 spiro atoms. The van der Waals surface area contributed by atoms with Crippen LogP contribution in [-0.2, 0) is 9.53 Å². The number of hydrogen-bond donors (Lipinski definition) is 1.